The summed E-state index contributed by atoms with van der Waals surface area (Å²) in [5, 5.41) is 0.870. The lowest BCUT2D eigenvalue weighted by molar-refractivity contribution is 0.0557. The van der Waals surface area contributed by atoms with Crippen LogP contribution in [-0.4, -0.2) is 17.6 Å². The summed E-state index contributed by atoms with van der Waals surface area (Å²) in [6.45, 7) is -0.0645. The summed E-state index contributed by atoms with van der Waals surface area (Å²) in [6, 6.07) is 9.88. The van der Waals surface area contributed by atoms with E-state index in [1.54, 1.807) is 36.4 Å². The van der Waals surface area contributed by atoms with Gasteiger partial charge >= 0.3 is 5.97 Å². The monoisotopic (exact) mass is 345 g/mol. The summed E-state index contributed by atoms with van der Waals surface area (Å²) >= 11 is 12.0. The highest BCUT2D eigenvalue weighted by atomic mass is 35.5. The Balaban J connectivity index is 1.92. The Labute approximate surface area is 142 Å². The highest BCUT2D eigenvalue weighted by Crippen LogP contribution is 2.31. The van der Waals surface area contributed by atoms with Crippen molar-refractivity contribution in [2.24, 2.45) is 0 Å². The number of ether oxygens (including phenoxy) is 1. The minimum Gasteiger partial charge on any atom is -0.449 e. The summed E-state index contributed by atoms with van der Waals surface area (Å²) in [5.41, 5.74) is 2.11. The maximum Gasteiger partial charge on any atom is 0.339 e. The Morgan fingerprint density at radius 3 is 2.70 bits per heavy atom. The van der Waals surface area contributed by atoms with Gasteiger partial charge in [-0.15, -0.1) is 6.42 Å². The molecule has 0 atom stereocenters. The fourth-order valence-corrected chi connectivity index (χ4v) is 2.54. The molecule has 114 valence electrons. The lowest BCUT2D eigenvalue weighted by Gasteiger charge is -2.01. The molecule has 0 spiro atoms. The van der Waals surface area contributed by atoms with Crippen LogP contribution < -0.4 is 0 Å². The molecule has 0 bridgehead atoms. The normalized spacial score (nSPS) is 10.5. The van der Waals surface area contributed by atoms with Crippen LogP contribution in [0.15, 0.2) is 40.8 Å². The van der Waals surface area contributed by atoms with Crippen LogP contribution in [0.5, 0.6) is 0 Å². The molecule has 3 rings (SSSR count). The Hall–Kier alpha value is -2.48. The van der Waals surface area contributed by atoms with E-state index < -0.39 is 5.97 Å². The van der Waals surface area contributed by atoms with Crippen molar-refractivity contribution in [3.63, 3.8) is 0 Å². The van der Waals surface area contributed by atoms with Crippen LogP contribution in [0.25, 0.3) is 22.6 Å². The number of carbonyl (C=O) groups excluding carboxylic acids is 1. The minimum absolute atomic E-state index is 0.0645. The van der Waals surface area contributed by atoms with Gasteiger partial charge in [0.25, 0.3) is 0 Å². The topological polar surface area (TPSA) is 52.3 Å². The van der Waals surface area contributed by atoms with Gasteiger partial charge in [0, 0.05) is 10.6 Å². The van der Waals surface area contributed by atoms with Gasteiger partial charge in [0.05, 0.1) is 10.6 Å². The fraction of sp³-hybridized carbons (Fsp3) is 0.0588. The zero-order valence-corrected chi connectivity index (χ0v) is 13.2. The van der Waals surface area contributed by atoms with E-state index in [-0.39, 0.29) is 6.61 Å². The number of hydrogen-bond acceptors (Lipinski definition) is 4. The van der Waals surface area contributed by atoms with Crippen LogP contribution in [0, 0.1) is 12.3 Å². The van der Waals surface area contributed by atoms with E-state index in [2.05, 4.69) is 10.9 Å². The van der Waals surface area contributed by atoms with E-state index in [9.17, 15) is 4.79 Å². The van der Waals surface area contributed by atoms with Crippen molar-refractivity contribution in [3.8, 4) is 23.8 Å². The van der Waals surface area contributed by atoms with Gasteiger partial charge in [-0.3, -0.25) is 0 Å². The van der Waals surface area contributed by atoms with E-state index in [0.717, 1.165) is 0 Å². The molecule has 1 heterocycles. The lowest BCUT2D eigenvalue weighted by Crippen LogP contribution is -2.04. The molecule has 0 saturated heterocycles. The second-order valence-electron chi connectivity index (χ2n) is 4.61. The van der Waals surface area contributed by atoms with Crippen LogP contribution in [-0.2, 0) is 4.74 Å². The van der Waals surface area contributed by atoms with Crippen molar-refractivity contribution >= 4 is 40.3 Å². The average molecular weight is 346 g/mol. The molecule has 1 aromatic heterocycles. The predicted octanol–water partition coefficient (Wildman–Crippen LogP) is 4.59. The molecular formula is C17H9Cl2NO3. The number of fused-ring (bicyclic) bond motifs is 1. The van der Waals surface area contributed by atoms with Crippen LogP contribution in [0.4, 0.5) is 0 Å². The van der Waals surface area contributed by atoms with Crippen molar-refractivity contribution in [1.29, 1.82) is 0 Å². The third-order valence-corrected chi connectivity index (χ3v) is 3.56. The molecule has 23 heavy (non-hydrogen) atoms. The highest BCUT2D eigenvalue weighted by molar-refractivity contribution is 6.38. The van der Waals surface area contributed by atoms with Crippen molar-refractivity contribution < 1.29 is 13.9 Å². The Kier molecular flexibility index (Phi) is 4.24. The number of rotatable bonds is 3. The SMILES string of the molecule is C#CCOC(=O)c1ccc(-c2nc3cc(Cl)cc(Cl)c3o2)cc1. The molecular weight excluding hydrogens is 337 g/mol. The van der Waals surface area contributed by atoms with Crippen LogP contribution in [0.2, 0.25) is 10.0 Å². The van der Waals surface area contributed by atoms with E-state index in [1.165, 1.54) is 0 Å². The number of carbonyl (C=O) groups is 1. The van der Waals surface area contributed by atoms with Gasteiger partial charge in [0.1, 0.15) is 5.52 Å². The highest BCUT2D eigenvalue weighted by Gasteiger charge is 2.13. The van der Waals surface area contributed by atoms with E-state index in [4.69, 9.17) is 38.8 Å². The van der Waals surface area contributed by atoms with Crippen molar-refractivity contribution in [1.82, 2.24) is 4.98 Å². The summed E-state index contributed by atoms with van der Waals surface area (Å²) in [6.07, 6.45) is 5.05. The van der Waals surface area contributed by atoms with Gasteiger partial charge in [-0.2, -0.15) is 0 Å². The molecule has 2 aromatic carbocycles. The molecule has 0 aliphatic carbocycles. The molecule has 6 heteroatoms. The molecule has 0 fully saturated rings. The quantitative estimate of drug-likeness (QED) is 0.514. The van der Waals surface area contributed by atoms with Gasteiger partial charge in [-0.1, -0.05) is 29.1 Å². The smallest absolute Gasteiger partial charge is 0.339 e. The summed E-state index contributed by atoms with van der Waals surface area (Å²) in [4.78, 5) is 16.0. The molecule has 0 N–H and O–H groups in total. The first-order valence-electron chi connectivity index (χ1n) is 6.55. The molecule has 3 aromatic rings. The summed E-state index contributed by atoms with van der Waals surface area (Å²) in [5.74, 6) is 2.14. The number of hydrogen-bond donors (Lipinski definition) is 0. The van der Waals surface area contributed by atoms with Crippen molar-refractivity contribution in [2.75, 3.05) is 6.61 Å². The number of nitrogens with zero attached hydrogens (tertiary/aromatic N) is 1. The summed E-state index contributed by atoms with van der Waals surface area (Å²) in [7, 11) is 0. The summed E-state index contributed by atoms with van der Waals surface area (Å²) < 4.78 is 10.5. The Morgan fingerprint density at radius 2 is 2.00 bits per heavy atom. The van der Waals surface area contributed by atoms with Crippen molar-refractivity contribution in [2.45, 2.75) is 0 Å². The molecule has 4 nitrogen and oxygen atoms in total. The Bertz CT molecular complexity index is 923. The van der Waals surface area contributed by atoms with Gasteiger partial charge in [0.2, 0.25) is 5.89 Å². The van der Waals surface area contributed by atoms with Crippen LogP contribution in [0.3, 0.4) is 0 Å². The zero-order chi connectivity index (χ0) is 16.4. The first-order valence-corrected chi connectivity index (χ1v) is 7.30. The van der Waals surface area contributed by atoms with Crippen LogP contribution >= 0.6 is 23.2 Å². The Morgan fingerprint density at radius 1 is 1.26 bits per heavy atom. The largest absolute Gasteiger partial charge is 0.449 e. The first kappa shape index (κ1) is 15.4. The van der Waals surface area contributed by atoms with E-state index >= 15 is 0 Å². The fourth-order valence-electron chi connectivity index (χ4n) is 2.02. The van der Waals surface area contributed by atoms with Gasteiger partial charge in [-0.05, 0) is 36.4 Å². The first-order chi connectivity index (χ1) is 11.1. The number of esters is 1. The zero-order valence-electron chi connectivity index (χ0n) is 11.7. The number of aromatic nitrogens is 1. The van der Waals surface area contributed by atoms with E-state index in [0.29, 0.717) is 38.2 Å². The maximum atomic E-state index is 11.7. The maximum absolute atomic E-state index is 11.7. The van der Waals surface area contributed by atoms with Crippen LogP contribution in [0.1, 0.15) is 10.4 Å². The third-order valence-electron chi connectivity index (χ3n) is 3.06. The van der Waals surface area contributed by atoms with Gasteiger partial charge < -0.3 is 9.15 Å². The molecule has 0 aliphatic rings. The average Bonchev–Trinajstić information content (AvgIpc) is 2.97. The van der Waals surface area contributed by atoms with Gasteiger partial charge in [-0.25, -0.2) is 9.78 Å². The van der Waals surface area contributed by atoms with E-state index in [1.807, 2.05) is 0 Å². The predicted molar refractivity (Wildman–Crippen MR) is 88.6 cm³/mol. The van der Waals surface area contributed by atoms with Gasteiger partial charge in [0.15, 0.2) is 12.2 Å². The standard InChI is InChI=1S/C17H9Cl2NO3/c1-2-7-22-17(21)11-5-3-10(4-6-11)16-20-14-9-12(18)8-13(19)15(14)23-16/h1,3-6,8-9H,7H2. The molecule has 0 radical (unpaired) electrons. The minimum atomic E-state index is -0.484. The van der Waals surface area contributed by atoms with Crippen molar-refractivity contribution in [3.05, 3.63) is 52.0 Å². The number of oxazole rings is 1. The number of terminal acetylenes is 1. The number of benzene rings is 2. The third kappa shape index (κ3) is 3.16. The second kappa shape index (κ2) is 6.33. The molecule has 0 aliphatic heterocycles. The molecule has 0 unspecified atom stereocenters. The lowest BCUT2D eigenvalue weighted by atomic mass is 10.1. The second-order valence-corrected chi connectivity index (χ2v) is 5.46. The number of halogens is 2. The molecule has 0 amide bonds. The molecule has 0 saturated carbocycles.